The molecule has 1 fully saturated rings. The van der Waals surface area contributed by atoms with E-state index in [4.69, 9.17) is 0 Å². The van der Waals surface area contributed by atoms with Crippen molar-refractivity contribution in [2.75, 3.05) is 13.1 Å². The van der Waals surface area contributed by atoms with Crippen LogP contribution in [0.1, 0.15) is 29.3 Å². The molecule has 6 heteroatoms. The first kappa shape index (κ1) is 14.7. The molecule has 0 unspecified atom stereocenters. The minimum absolute atomic E-state index is 0.397. The fraction of sp³-hybridized carbons (Fsp3) is 0.400. The second-order valence-corrected chi connectivity index (χ2v) is 8.15. The molecule has 4 nitrogen and oxygen atoms in total. The Morgan fingerprint density at radius 2 is 1.95 bits per heavy atom. The highest BCUT2D eigenvalue weighted by atomic mass is 32.2. The first-order valence-corrected chi connectivity index (χ1v) is 9.36. The molecule has 1 aromatic heterocycles. The maximum absolute atomic E-state index is 12.7. The van der Waals surface area contributed by atoms with E-state index in [0.717, 1.165) is 23.4 Å². The summed E-state index contributed by atoms with van der Waals surface area (Å²) in [7, 11) is -3.37. The van der Waals surface area contributed by atoms with Gasteiger partial charge >= 0.3 is 0 Å². The molecule has 2 aromatic rings. The molecule has 0 bridgehead atoms. The lowest BCUT2D eigenvalue weighted by atomic mass is 9.99. The standard InChI is InChI=1S/C15H18N2O2S2/c1-12-4-2-3-5-14(12)21(18,19)17-9-6-13(7-10-17)15-16-8-11-20-15/h2-5,8,11,13H,6-7,9-10H2,1H3. The molecule has 0 amide bonds. The Kier molecular flexibility index (Phi) is 4.10. The van der Waals surface area contributed by atoms with Gasteiger partial charge < -0.3 is 0 Å². The van der Waals surface area contributed by atoms with Gasteiger partial charge in [-0.05, 0) is 31.4 Å². The van der Waals surface area contributed by atoms with Crippen molar-refractivity contribution in [2.45, 2.75) is 30.6 Å². The molecule has 1 aliphatic heterocycles. The smallest absolute Gasteiger partial charge is 0.243 e. The van der Waals surface area contributed by atoms with E-state index in [1.54, 1.807) is 27.8 Å². The average Bonchev–Trinajstić information content (AvgIpc) is 3.02. The third kappa shape index (κ3) is 2.88. The van der Waals surface area contributed by atoms with Crippen molar-refractivity contribution in [1.29, 1.82) is 0 Å². The predicted octanol–water partition coefficient (Wildman–Crippen LogP) is 3.02. The molecule has 1 aliphatic rings. The molecule has 112 valence electrons. The average molecular weight is 322 g/mol. The van der Waals surface area contributed by atoms with Crippen molar-refractivity contribution in [1.82, 2.24) is 9.29 Å². The lowest BCUT2D eigenvalue weighted by molar-refractivity contribution is 0.319. The number of sulfonamides is 1. The Bertz CT molecular complexity index is 703. The van der Waals surface area contributed by atoms with Gasteiger partial charge in [0.25, 0.3) is 0 Å². The normalized spacial score (nSPS) is 18.0. The van der Waals surface area contributed by atoms with Crippen LogP contribution in [0.3, 0.4) is 0 Å². The molecule has 0 atom stereocenters. The number of rotatable bonds is 3. The van der Waals surface area contributed by atoms with Crippen LogP contribution in [0.25, 0.3) is 0 Å². The topological polar surface area (TPSA) is 50.3 Å². The van der Waals surface area contributed by atoms with Gasteiger partial charge in [0.1, 0.15) is 0 Å². The SMILES string of the molecule is Cc1ccccc1S(=O)(=O)N1CCC(c2nccs2)CC1. The number of aryl methyl sites for hydroxylation is 1. The van der Waals surface area contributed by atoms with Gasteiger partial charge in [0, 0.05) is 30.6 Å². The lowest BCUT2D eigenvalue weighted by Crippen LogP contribution is -2.38. The van der Waals surface area contributed by atoms with Gasteiger partial charge in [-0.2, -0.15) is 4.31 Å². The fourth-order valence-corrected chi connectivity index (χ4v) is 5.27. The second-order valence-electron chi connectivity index (χ2n) is 5.31. The molecule has 0 saturated carbocycles. The Labute approximate surface area is 129 Å². The zero-order valence-corrected chi connectivity index (χ0v) is 13.5. The van der Waals surface area contributed by atoms with Crippen LogP contribution in [0.15, 0.2) is 40.7 Å². The molecule has 0 spiro atoms. The van der Waals surface area contributed by atoms with Crippen LogP contribution in [0.2, 0.25) is 0 Å². The highest BCUT2D eigenvalue weighted by Crippen LogP contribution is 2.32. The van der Waals surface area contributed by atoms with Gasteiger partial charge in [0.15, 0.2) is 0 Å². The monoisotopic (exact) mass is 322 g/mol. The number of hydrogen-bond donors (Lipinski definition) is 0. The van der Waals surface area contributed by atoms with Crippen LogP contribution >= 0.6 is 11.3 Å². The number of thiazole rings is 1. The minimum Gasteiger partial charge on any atom is -0.249 e. The van der Waals surface area contributed by atoms with Crippen LogP contribution in [0.4, 0.5) is 0 Å². The summed E-state index contributed by atoms with van der Waals surface area (Å²) in [4.78, 5) is 4.78. The molecule has 2 heterocycles. The molecule has 3 rings (SSSR count). The van der Waals surface area contributed by atoms with Crippen molar-refractivity contribution in [2.24, 2.45) is 0 Å². The van der Waals surface area contributed by atoms with Crippen LogP contribution in [-0.2, 0) is 10.0 Å². The summed E-state index contributed by atoms with van der Waals surface area (Å²) >= 11 is 1.66. The Morgan fingerprint density at radius 3 is 2.57 bits per heavy atom. The maximum Gasteiger partial charge on any atom is 0.243 e. The van der Waals surface area contributed by atoms with Gasteiger partial charge in [0.05, 0.1) is 9.90 Å². The molecular weight excluding hydrogens is 304 g/mol. The maximum atomic E-state index is 12.7. The summed E-state index contributed by atoms with van der Waals surface area (Å²) < 4.78 is 27.0. The van der Waals surface area contributed by atoms with E-state index in [-0.39, 0.29) is 0 Å². The Morgan fingerprint density at radius 1 is 1.24 bits per heavy atom. The van der Waals surface area contributed by atoms with Gasteiger partial charge in [-0.1, -0.05) is 18.2 Å². The number of nitrogens with zero attached hydrogens (tertiary/aromatic N) is 2. The quantitative estimate of drug-likeness (QED) is 0.873. The summed E-state index contributed by atoms with van der Waals surface area (Å²) in [5, 5.41) is 3.11. The van der Waals surface area contributed by atoms with Crippen molar-refractivity contribution in [3.8, 4) is 0 Å². The molecule has 1 aromatic carbocycles. The zero-order chi connectivity index (χ0) is 14.9. The number of aromatic nitrogens is 1. The number of hydrogen-bond acceptors (Lipinski definition) is 4. The highest BCUT2D eigenvalue weighted by Gasteiger charge is 2.31. The van der Waals surface area contributed by atoms with E-state index in [9.17, 15) is 8.42 Å². The fourth-order valence-electron chi connectivity index (χ4n) is 2.76. The number of piperidine rings is 1. The summed E-state index contributed by atoms with van der Waals surface area (Å²) in [5.41, 5.74) is 0.805. The van der Waals surface area contributed by atoms with Crippen LogP contribution in [0.5, 0.6) is 0 Å². The molecular formula is C15H18N2O2S2. The Hall–Kier alpha value is -1.24. The largest absolute Gasteiger partial charge is 0.249 e. The first-order chi connectivity index (χ1) is 10.1. The molecule has 0 aliphatic carbocycles. The van der Waals surface area contributed by atoms with Crippen molar-refractivity contribution in [3.05, 3.63) is 46.4 Å². The molecule has 0 N–H and O–H groups in total. The first-order valence-electron chi connectivity index (χ1n) is 7.04. The van der Waals surface area contributed by atoms with Gasteiger partial charge in [-0.15, -0.1) is 11.3 Å². The predicted molar refractivity (Wildman–Crippen MR) is 84.0 cm³/mol. The summed E-state index contributed by atoms with van der Waals surface area (Å²) in [6, 6.07) is 7.18. The minimum atomic E-state index is -3.37. The summed E-state index contributed by atoms with van der Waals surface area (Å²) in [6.07, 6.45) is 3.51. The van der Waals surface area contributed by atoms with Gasteiger partial charge in [0.2, 0.25) is 10.0 Å². The van der Waals surface area contributed by atoms with Crippen LogP contribution < -0.4 is 0 Å². The molecule has 0 radical (unpaired) electrons. The Balaban J connectivity index is 1.76. The van der Waals surface area contributed by atoms with E-state index in [1.807, 2.05) is 30.6 Å². The zero-order valence-electron chi connectivity index (χ0n) is 11.9. The highest BCUT2D eigenvalue weighted by molar-refractivity contribution is 7.89. The van der Waals surface area contributed by atoms with E-state index in [1.165, 1.54) is 0 Å². The van der Waals surface area contributed by atoms with E-state index >= 15 is 0 Å². The number of benzene rings is 1. The second kappa shape index (κ2) is 5.87. The third-order valence-corrected chi connectivity index (χ3v) is 6.96. The van der Waals surface area contributed by atoms with Crippen molar-refractivity contribution >= 4 is 21.4 Å². The van der Waals surface area contributed by atoms with E-state index in [2.05, 4.69) is 4.98 Å². The molecule has 21 heavy (non-hydrogen) atoms. The summed E-state index contributed by atoms with van der Waals surface area (Å²) in [6.45, 7) is 2.98. The summed E-state index contributed by atoms with van der Waals surface area (Å²) in [5.74, 6) is 0.397. The van der Waals surface area contributed by atoms with Crippen LogP contribution in [0, 0.1) is 6.92 Å². The van der Waals surface area contributed by atoms with E-state index < -0.39 is 10.0 Å². The van der Waals surface area contributed by atoms with Gasteiger partial charge in [-0.25, -0.2) is 13.4 Å². The van der Waals surface area contributed by atoms with Gasteiger partial charge in [-0.3, -0.25) is 0 Å². The van der Waals surface area contributed by atoms with E-state index in [0.29, 0.717) is 23.9 Å². The lowest BCUT2D eigenvalue weighted by Gasteiger charge is -2.30. The third-order valence-electron chi connectivity index (χ3n) is 3.97. The van der Waals surface area contributed by atoms with Crippen LogP contribution in [-0.4, -0.2) is 30.8 Å². The van der Waals surface area contributed by atoms with Crippen molar-refractivity contribution in [3.63, 3.8) is 0 Å². The van der Waals surface area contributed by atoms with Crippen molar-refractivity contribution < 1.29 is 8.42 Å². The molecule has 1 saturated heterocycles.